The number of nitrogens with zero attached hydrogens (tertiary/aromatic N) is 2. The minimum Gasteiger partial charge on any atom is -0.307 e. The number of nitrogens with one attached hydrogen (secondary N) is 2. The summed E-state index contributed by atoms with van der Waals surface area (Å²) in [5, 5.41) is 6.43. The van der Waals surface area contributed by atoms with Gasteiger partial charge in [0.1, 0.15) is 0 Å². The van der Waals surface area contributed by atoms with Gasteiger partial charge in [-0.1, -0.05) is 60.7 Å². The van der Waals surface area contributed by atoms with Crippen LogP contribution in [0.3, 0.4) is 0 Å². The molecule has 2 fully saturated rings. The van der Waals surface area contributed by atoms with Crippen molar-refractivity contribution in [2.75, 3.05) is 24.6 Å². The summed E-state index contributed by atoms with van der Waals surface area (Å²) in [6.45, 7) is 0.943. The van der Waals surface area contributed by atoms with Crippen LogP contribution < -0.4 is 10.6 Å². The van der Waals surface area contributed by atoms with E-state index >= 15 is 0 Å². The second-order valence-corrected chi connectivity index (χ2v) is 8.37. The van der Waals surface area contributed by atoms with Crippen LogP contribution in [-0.4, -0.2) is 46.5 Å². The normalized spacial score (nSPS) is 25.3. The van der Waals surface area contributed by atoms with Crippen molar-refractivity contribution < 1.29 is 9.59 Å². The Hall–Kier alpha value is -2.32. The van der Waals surface area contributed by atoms with Crippen molar-refractivity contribution in [1.82, 2.24) is 20.4 Å². The molecule has 0 aliphatic carbocycles. The second kappa shape index (κ2) is 8.43. The lowest BCUT2D eigenvalue weighted by Gasteiger charge is -2.45. The molecule has 0 saturated carbocycles. The molecular formula is C22H26N4O2S2. The highest BCUT2D eigenvalue weighted by atomic mass is 32.1. The van der Waals surface area contributed by atoms with Crippen LogP contribution >= 0.6 is 25.3 Å². The van der Waals surface area contributed by atoms with E-state index in [4.69, 9.17) is 0 Å². The summed E-state index contributed by atoms with van der Waals surface area (Å²) in [5.41, 5.74) is -0.451. The molecule has 4 amide bonds. The quantitative estimate of drug-likeness (QED) is 0.474. The molecule has 8 heteroatoms. The Morgan fingerprint density at radius 1 is 0.667 bits per heavy atom. The van der Waals surface area contributed by atoms with Crippen molar-refractivity contribution in [2.45, 2.75) is 24.2 Å². The highest BCUT2D eigenvalue weighted by Gasteiger charge is 2.73. The van der Waals surface area contributed by atoms with Gasteiger partial charge in [-0.25, -0.2) is 9.59 Å². The van der Waals surface area contributed by atoms with E-state index in [1.807, 2.05) is 60.7 Å². The molecule has 0 radical (unpaired) electrons. The van der Waals surface area contributed by atoms with Gasteiger partial charge in [-0.05, 0) is 24.3 Å². The summed E-state index contributed by atoms with van der Waals surface area (Å²) >= 11 is 8.68. The Kier molecular flexibility index (Phi) is 5.88. The number of amides is 4. The summed E-state index contributed by atoms with van der Waals surface area (Å²) in [6, 6.07) is 19.0. The molecule has 4 rings (SSSR count). The molecule has 2 aromatic carbocycles. The molecule has 30 heavy (non-hydrogen) atoms. The van der Waals surface area contributed by atoms with Crippen LogP contribution in [-0.2, 0) is 11.3 Å². The molecular weight excluding hydrogens is 416 g/mol. The maximum atomic E-state index is 13.4. The number of hydrogen-bond donors (Lipinski definition) is 4. The van der Waals surface area contributed by atoms with Crippen LogP contribution in [0.15, 0.2) is 60.7 Å². The van der Waals surface area contributed by atoms with E-state index in [1.54, 1.807) is 9.80 Å². The standard InChI is InChI=1S/C22H26N4O2S2/c27-19-23-21(17-9-3-1-4-10-17)22(26(19)14-8-16-30,18-11-5-2-6-12-18)24-20(28)25(21)13-7-15-29/h1-6,9-12,29-30H,7-8,13-16H2,(H,23,27)(H,24,28). The number of benzene rings is 2. The van der Waals surface area contributed by atoms with Crippen LogP contribution in [0.1, 0.15) is 24.0 Å². The number of carbonyl (C=O) groups is 2. The van der Waals surface area contributed by atoms with Gasteiger partial charge in [-0.2, -0.15) is 25.3 Å². The Morgan fingerprint density at radius 2 is 1.03 bits per heavy atom. The highest BCUT2D eigenvalue weighted by molar-refractivity contribution is 7.80. The maximum Gasteiger partial charge on any atom is 0.321 e. The van der Waals surface area contributed by atoms with Crippen molar-refractivity contribution in [1.29, 1.82) is 0 Å². The number of fused-ring (bicyclic) bond motifs is 1. The molecule has 2 atom stereocenters. The molecule has 2 aliphatic rings. The Labute approximate surface area is 187 Å². The molecule has 2 aromatic rings. The molecule has 6 nitrogen and oxygen atoms in total. The van der Waals surface area contributed by atoms with Gasteiger partial charge in [0.25, 0.3) is 0 Å². The Bertz CT molecular complexity index is 838. The molecule has 2 unspecified atom stereocenters. The van der Waals surface area contributed by atoms with E-state index in [9.17, 15) is 9.59 Å². The molecule has 0 aromatic heterocycles. The smallest absolute Gasteiger partial charge is 0.307 e. The predicted molar refractivity (Wildman–Crippen MR) is 124 cm³/mol. The zero-order chi connectivity index (χ0) is 21.2. The van der Waals surface area contributed by atoms with Gasteiger partial charge in [0.05, 0.1) is 0 Å². The van der Waals surface area contributed by atoms with Crippen molar-refractivity contribution in [3.05, 3.63) is 71.8 Å². The first kappa shape index (κ1) is 20.9. The fourth-order valence-electron chi connectivity index (χ4n) is 4.68. The first-order valence-corrected chi connectivity index (χ1v) is 11.4. The van der Waals surface area contributed by atoms with Gasteiger partial charge in [0.15, 0.2) is 11.3 Å². The third-order valence-corrected chi connectivity index (χ3v) is 6.49. The highest BCUT2D eigenvalue weighted by Crippen LogP contribution is 2.53. The molecule has 2 aliphatic heterocycles. The lowest BCUT2D eigenvalue weighted by molar-refractivity contribution is 0.0258. The first-order chi connectivity index (χ1) is 14.6. The summed E-state index contributed by atoms with van der Waals surface area (Å²) in [4.78, 5) is 30.3. The number of thiol groups is 2. The molecule has 2 heterocycles. The van der Waals surface area contributed by atoms with E-state index < -0.39 is 11.3 Å². The third kappa shape index (κ3) is 2.96. The molecule has 2 N–H and O–H groups in total. The van der Waals surface area contributed by atoms with Crippen molar-refractivity contribution in [3.8, 4) is 0 Å². The van der Waals surface area contributed by atoms with Gasteiger partial charge in [0.2, 0.25) is 0 Å². The van der Waals surface area contributed by atoms with Gasteiger partial charge in [0, 0.05) is 24.2 Å². The minimum absolute atomic E-state index is 0.208. The van der Waals surface area contributed by atoms with Crippen molar-refractivity contribution >= 4 is 37.3 Å². The van der Waals surface area contributed by atoms with Crippen molar-refractivity contribution in [2.24, 2.45) is 0 Å². The van der Waals surface area contributed by atoms with Crippen LogP contribution in [0, 0.1) is 0 Å². The predicted octanol–water partition coefficient (Wildman–Crippen LogP) is 3.38. The zero-order valence-corrected chi connectivity index (χ0v) is 18.4. The summed E-state index contributed by atoms with van der Waals surface area (Å²) in [7, 11) is 0. The fourth-order valence-corrected chi connectivity index (χ4v) is 4.97. The van der Waals surface area contributed by atoms with E-state index in [-0.39, 0.29) is 12.1 Å². The van der Waals surface area contributed by atoms with Crippen molar-refractivity contribution in [3.63, 3.8) is 0 Å². The number of carbonyl (C=O) groups excluding carboxylic acids is 2. The molecule has 0 spiro atoms. The molecule has 0 bridgehead atoms. The monoisotopic (exact) mass is 442 g/mol. The van der Waals surface area contributed by atoms with Gasteiger partial charge in [-0.3, -0.25) is 9.80 Å². The number of hydrogen-bond acceptors (Lipinski definition) is 4. The number of urea groups is 2. The summed E-state index contributed by atoms with van der Waals surface area (Å²) < 4.78 is 0. The van der Waals surface area contributed by atoms with E-state index in [0.717, 1.165) is 11.1 Å². The van der Waals surface area contributed by atoms with E-state index in [1.165, 1.54) is 0 Å². The number of rotatable bonds is 8. The largest absolute Gasteiger partial charge is 0.321 e. The molecule has 158 valence electrons. The van der Waals surface area contributed by atoms with Gasteiger partial charge in [-0.15, -0.1) is 0 Å². The first-order valence-electron chi connectivity index (χ1n) is 10.1. The Balaban J connectivity index is 1.99. The SMILES string of the molecule is O=C1NC2(c3ccccc3)N(CCCS)C(=O)NC2(c2ccccc2)N1CCCS. The second-order valence-electron chi connectivity index (χ2n) is 7.47. The zero-order valence-electron chi connectivity index (χ0n) is 16.6. The van der Waals surface area contributed by atoms with E-state index in [2.05, 4.69) is 35.9 Å². The summed E-state index contributed by atoms with van der Waals surface area (Å²) in [6.07, 6.45) is 1.42. The lowest BCUT2D eigenvalue weighted by atomic mass is 9.81. The lowest BCUT2D eigenvalue weighted by Crippen LogP contribution is -2.62. The summed E-state index contributed by atoms with van der Waals surface area (Å²) in [5.74, 6) is 1.29. The fraction of sp³-hybridized carbons (Fsp3) is 0.364. The molecule has 2 saturated heterocycles. The Morgan fingerprint density at radius 3 is 1.37 bits per heavy atom. The average Bonchev–Trinajstić information content (AvgIpc) is 3.17. The van der Waals surface area contributed by atoms with E-state index in [0.29, 0.717) is 37.4 Å². The van der Waals surface area contributed by atoms with Crippen LogP contribution in [0.5, 0.6) is 0 Å². The van der Waals surface area contributed by atoms with Gasteiger partial charge >= 0.3 is 12.1 Å². The topological polar surface area (TPSA) is 64.7 Å². The maximum absolute atomic E-state index is 13.4. The van der Waals surface area contributed by atoms with Crippen LogP contribution in [0.25, 0.3) is 0 Å². The third-order valence-electron chi connectivity index (χ3n) is 5.86. The van der Waals surface area contributed by atoms with Crippen LogP contribution in [0.2, 0.25) is 0 Å². The minimum atomic E-state index is -1.08. The van der Waals surface area contributed by atoms with Gasteiger partial charge < -0.3 is 10.6 Å². The van der Waals surface area contributed by atoms with Crippen LogP contribution in [0.4, 0.5) is 9.59 Å². The average molecular weight is 443 g/mol.